The average Bonchev–Trinajstić information content (AvgIpc) is 3.31. The number of benzene rings is 3. The first-order valence-electron chi connectivity index (χ1n) is 9.89. The van der Waals surface area contributed by atoms with E-state index < -0.39 is 0 Å². The Morgan fingerprint density at radius 3 is 2.48 bits per heavy atom. The number of anilines is 2. The summed E-state index contributed by atoms with van der Waals surface area (Å²) in [6.45, 7) is 1.96. The molecule has 2 heterocycles. The molecule has 3 aromatic carbocycles. The van der Waals surface area contributed by atoms with Gasteiger partial charge in [0, 0.05) is 11.3 Å². The second-order valence-corrected chi connectivity index (χ2v) is 7.17. The number of carbonyl (C=O) groups is 1. The van der Waals surface area contributed by atoms with Crippen LogP contribution in [0.3, 0.4) is 0 Å². The minimum atomic E-state index is -0.129. The molecule has 0 saturated heterocycles. The van der Waals surface area contributed by atoms with Crippen molar-refractivity contribution in [3.63, 3.8) is 0 Å². The molecular formula is C23H19N7O. The Morgan fingerprint density at radius 1 is 0.935 bits per heavy atom. The molecule has 5 aromatic rings. The van der Waals surface area contributed by atoms with Crippen LogP contribution >= 0.6 is 0 Å². The molecule has 1 amide bonds. The number of tetrazole rings is 1. The van der Waals surface area contributed by atoms with Gasteiger partial charge in [-0.05, 0) is 59.3 Å². The SMILES string of the molecule is C[C@@H](NC(=O)c1ccc(Nc2nc3ccccc3n3nnnc23)cc1)c1ccccc1. The monoisotopic (exact) mass is 409 g/mol. The van der Waals surface area contributed by atoms with Crippen molar-refractivity contribution in [3.8, 4) is 0 Å². The molecule has 8 heteroatoms. The van der Waals surface area contributed by atoms with Crippen molar-refractivity contribution in [2.45, 2.75) is 13.0 Å². The lowest BCUT2D eigenvalue weighted by Crippen LogP contribution is -2.26. The lowest BCUT2D eigenvalue weighted by atomic mass is 10.1. The lowest BCUT2D eigenvalue weighted by Gasteiger charge is -2.14. The maximum atomic E-state index is 12.6. The van der Waals surface area contributed by atoms with Gasteiger partial charge in [-0.25, -0.2) is 4.98 Å². The molecule has 8 nitrogen and oxygen atoms in total. The lowest BCUT2D eigenvalue weighted by molar-refractivity contribution is 0.0940. The second-order valence-electron chi connectivity index (χ2n) is 7.17. The first kappa shape index (κ1) is 18.7. The van der Waals surface area contributed by atoms with Crippen LogP contribution in [-0.4, -0.2) is 30.9 Å². The van der Waals surface area contributed by atoms with Gasteiger partial charge in [0.2, 0.25) is 5.65 Å². The molecule has 0 spiro atoms. The molecule has 1 atom stereocenters. The molecule has 31 heavy (non-hydrogen) atoms. The smallest absolute Gasteiger partial charge is 0.251 e. The summed E-state index contributed by atoms with van der Waals surface area (Å²) < 4.78 is 1.65. The van der Waals surface area contributed by atoms with Gasteiger partial charge in [-0.3, -0.25) is 4.79 Å². The standard InChI is InChI=1S/C23H19N7O/c1-15(16-7-3-2-4-8-16)24-23(31)17-11-13-18(14-12-17)25-21-22-27-28-29-30(22)20-10-6-5-9-19(20)26-21/h2-15H,1H3,(H,24,31)(H,25,26)/t15-/m1/s1. The van der Waals surface area contributed by atoms with E-state index in [1.54, 1.807) is 16.6 Å². The number of nitrogens with zero attached hydrogens (tertiary/aromatic N) is 5. The van der Waals surface area contributed by atoms with E-state index in [2.05, 4.69) is 31.1 Å². The molecule has 0 unspecified atom stereocenters. The highest BCUT2D eigenvalue weighted by molar-refractivity contribution is 5.95. The topological polar surface area (TPSA) is 97.1 Å². The summed E-state index contributed by atoms with van der Waals surface area (Å²) >= 11 is 0. The van der Waals surface area contributed by atoms with Crippen molar-refractivity contribution in [2.75, 3.05) is 5.32 Å². The Balaban J connectivity index is 1.36. The van der Waals surface area contributed by atoms with Crippen LogP contribution in [-0.2, 0) is 0 Å². The highest BCUT2D eigenvalue weighted by atomic mass is 16.1. The highest BCUT2D eigenvalue weighted by Gasteiger charge is 2.13. The predicted octanol–water partition coefficient (Wildman–Crippen LogP) is 3.91. The normalized spacial score (nSPS) is 12.0. The fourth-order valence-electron chi connectivity index (χ4n) is 3.44. The van der Waals surface area contributed by atoms with Crippen LogP contribution in [0, 0.1) is 0 Å². The Hall–Kier alpha value is -4.33. The molecule has 0 bridgehead atoms. The highest BCUT2D eigenvalue weighted by Crippen LogP contribution is 2.23. The summed E-state index contributed by atoms with van der Waals surface area (Å²) in [7, 11) is 0. The zero-order chi connectivity index (χ0) is 21.2. The van der Waals surface area contributed by atoms with Crippen molar-refractivity contribution < 1.29 is 4.79 Å². The largest absolute Gasteiger partial charge is 0.346 e. The summed E-state index contributed by atoms with van der Waals surface area (Å²) in [6.07, 6.45) is 0. The van der Waals surface area contributed by atoms with Crippen LogP contribution in [0.5, 0.6) is 0 Å². The van der Waals surface area contributed by atoms with E-state index in [9.17, 15) is 4.79 Å². The van der Waals surface area contributed by atoms with Crippen LogP contribution < -0.4 is 10.6 Å². The van der Waals surface area contributed by atoms with E-state index in [-0.39, 0.29) is 11.9 Å². The zero-order valence-electron chi connectivity index (χ0n) is 16.7. The first-order chi connectivity index (χ1) is 15.2. The third kappa shape index (κ3) is 3.66. The summed E-state index contributed by atoms with van der Waals surface area (Å²) in [5, 5.41) is 18.2. The molecule has 5 rings (SSSR count). The molecule has 2 N–H and O–H groups in total. The molecule has 2 aromatic heterocycles. The van der Waals surface area contributed by atoms with E-state index in [1.807, 2.05) is 73.7 Å². The summed E-state index contributed by atoms with van der Waals surface area (Å²) in [4.78, 5) is 17.3. The van der Waals surface area contributed by atoms with Gasteiger partial charge in [0.05, 0.1) is 17.1 Å². The van der Waals surface area contributed by atoms with E-state index >= 15 is 0 Å². The van der Waals surface area contributed by atoms with Crippen LogP contribution in [0.25, 0.3) is 16.7 Å². The molecule has 0 radical (unpaired) electrons. The van der Waals surface area contributed by atoms with Crippen molar-refractivity contribution >= 4 is 34.1 Å². The van der Waals surface area contributed by atoms with Crippen LogP contribution in [0.1, 0.15) is 28.9 Å². The van der Waals surface area contributed by atoms with Gasteiger partial charge in [-0.2, -0.15) is 4.52 Å². The fraction of sp³-hybridized carbons (Fsp3) is 0.0870. The Labute approximate surface area is 177 Å². The summed E-state index contributed by atoms with van der Waals surface area (Å²) in [5.41, 5.74) is 4.54. The summed E-state index contributed by atoms with van der Waals surface area (Å²) in [5.74, 6) is 0.411. The number of nitrogens with one attached hydrogen (secondary N) is 2. The maximum absolute atomic E-state index is 12.6. The Kier molecular flexibility index (Phi) is 4.72. The van der Waals surface area contributed by atoms with Gasteiger partial charge in [0.15, 0.2) is 5.82 Å². The van der Waals surface area contributed by atoms with Crippen LogP contribution in [0.2, 0.25) is 0 Å². The van der Waals surface area contributed by atoms with Gasteiger partial charge in [0.25, 0.3) is 5.91 Å². The number of rotatable bonds is 5. The molecule has 0 aliphatic heterocycles. The van der Waals surface area contributed by atoms with Crippen LogP contribution in [0.15, 0.2) is 78.9 Å². The summed E-state index contributed by atoms with van der Waals surface area (Å²) in [6, 6.07) is 24.6. The minimum Gasteiger partial charge on any atom is -0.346 e. The van der Waals surface area contributed by atoms with Gasteiger partial charge >= 0.3 is 0 Å². The van der Waals surface area contributed by atoms with E-state index in [1.165, 1.54) is 0 Å². The van der Waals surface area contributed by atoms with Crippen molar-refractivity contribution in [1.29, 1.82) is 0 Å². The van der Waals surface area contributed by atoms with E-state index in [0.29, 0.717) is 17.0 Å². The number of hydrogen-bond acceptors (Lipinski definition) is 6. The van der Waals surface area contributed by atoms with Crippen LogP contribution in [0.4, 0.5) is 11.5 Å². The van der Waals surface area contributed by atoms with Gasteiger partial charge in [-0.15, -0.1) is 5.10 Å². The van der Waals surface area contributed by atoms with Crippen molar-refractivity contribution in [1.82, 2.24) is 30.3 Å². The van der Waals surface area contributed by atoms with Gasteiger partial charge in [0.1, 0.15) is 0 Å². The molecule has 0 saturated carbocycles. The third-order valence-electron chi connectivity index (χ3n) is 5.08. The second kappa shape index (κ2) is 7.83. The van der Waals surface area contributed by atoms with E-state index in [4.69, 9.17) is 0 Å². The molecule has 0 aliphatic carbocycles. The van der Waals surface area contributed by atoms with Crippen molar-refractivity contribution in [3.05, 3.63) is 90.0 Å². The van der Waals surface area contributed by atoms with Gasteiger partial charge < -0.3 is 10.6 Å². The quantitative estimate of drug-likeness (QED) is 0.457. The molecular weight excluding hydrogens is 390 g/mol. The number of para-hydroxylation sites is 2. The molecule has 0 aliphatic rings. The fourth-order valence-corrected chi connectivity index (χ4v) is 3.44. The Morgan fingerprint density at radius 2 is 1.68 bits per heavy atom. The Bertz CT molecular complexity index is 1360. The van der Waals surface area contributed by atoms with Crippen molar-refractivity contribution in [2.24, 2.45) is 0 Å². The molecule has 152 valence electrons. The van der Waals surface area contributed by atoms with E-state index in [0.717, 1.165) is 22.3 Å². The third-order valence-corrected chi connectivity index (χ3v) is 5.08. The number of fused-ring (bicyclic) bond motifs is 3. The first-order valence-corrected chi connectivity index (χ1v) is 9.89. The van der Waals surface area contributed by atoms with Gasteiger partial charge in [-0.1, -0.05) is 42.5 Å². The zero-order valence-corrected chi connectivity index (χ0v) is 16.7. The maximum Gasteiger partial charge on any atom is 0.251 e. The minimum absolute atomic E-state index is 0.0815. The average molecular weight is 409 g/mol. The predicted molar refractivity (Wildman–Crippen MR) is 118 cm³/mol. The number of carbonyl (C=O) groups excluding carboxylic acids is 1. The molecule has 0 fully saturated rings. The number of amides is 1. The number of hydrogen-bond donors (Lipinski definition) is 2. The number of aromatic nitrogens is 5.